The lowest BCUT2D eigenvalue weighted by Gasteiger charge is -2.27. The first-order chi connectivity index (χ1) is 30.7. The highest BCUT2D eigenvalue weighted by Crippen LogP contribution is 2.32. The van der Waals surface area contributed by atoms with Crippen LogP contribution in [-0.4, -0.2) is 93.1 Å². The zero-order chi connectivity index (χ0) is 45.1. The molecule has 0 bridgehead atoms. The second-order valence-electron chi connectivity index (χ2n) is 14.9. The highest BCUT2D eigenvalue weighted by atomic mass is 35.5. The molecule has 0 saturated carbocycles. The SMILES string of the molecule is O=C(COCCOc1ccc(CCc2c(-c3ccc(C(F)(F)F)cc3)[nH]n(-c3nc4ccc(Cl)cc4[nH]3)c2=O)cc1)NCCNc1ccc2c(c1)C(=O)N(C1CCC(=O)NC1=O)C2=O. The molecule has 1 fully saturated rings. The van der Waals surface area contributed by atoms with E-state index in [4.69, 9.17) is 21.1 Å². The normalized spacial score (nSPS) is 15.1. The van der Waals surface area contributed by atoms with Gasteiger partial charge in [-0.2, -0.15) is 17.9 Å². The molecule has 16 nitrogen and oxygen atoms in total. The van der Waals surface area contributed by atoms with Gasteiger partial charge in [0.15, 0.2) is 0 Å². The van der Waals surface area contributed by atoms with E-state index in [1.54, 1.807) is 36.4 Å². The van der Waals surface area contributed by atoms with Crippen molar-refractivity contribution in [2.45, 2.75) is 37.9 Å². The van der Waals surface area contributed by atoms with Gasteiger partial charge in [0.05, 0.1) is 40.0 Å². The molecular formula is C44H38ClF3N8O8. The van der Waals surface area contributed by atoms with Crippen LogP contribution in [0, 0.1) is 0 Å². The smallest absolute Gasteiger partial charge is 0.416 e. The number of H-pyrrole nitrogens is 2. The highest BCUT2D eigenvalue weighted by molar-refractivity contribution is 6.31. The van der Waals surface area contributed by atoms with Crippen molar-refractivity contribution in [3.8, 4) is 23.0 Å². The Morgan fingerprint density at radius 3 is 2.39 bits per heavy atom. The van der Waals surface area contributed by atoms with Crippen LogP contribution in [0.5, 0.6) is 5.75 Å². The number of anilines is 1. The number of aryl methyl sites for hydroxylation is 1. The van der Waals surface area contributed by atoms with Crippen molar-refractivity contribution in [3.05, 3.63) is 128 Å². The maximum absolute atomic E-state index is 13.8. The summed E-state index contributed by atoms with van der Waals surface area (Å²) in [6, 6.07) is 20.3. The number of alkyl halides is 3. The standard InChI is InChI=1S/C44H38ClF3N8O8/c45-27-8-14-33-34(21-27)52-43(51-33)56-42(62)31(38(54-56)25-4-6-26(7-5-25)44(46,47)48)12-3-24-1-10-29(11-2-24)64-20-19-63-23-37(58)50-18-17-49-28-9-13-30-32(22-28)41(61)55(40(30)60)35-15-16-36(57)53-39(35)59/h1-2,4-11,13-14,21-22,35,49,54H,3,12,15-20,23H2,(H,50,58)(H,51,52)(H,53,57,59). The number of halogens is 4. The van der Waals surface area contributed by atoms with E-state index in [0.717, 1.165) is 22.6 Å². The molecule has 8 rings (SSSR count). The lowest BCUT2D eigenvalue weighted by atomic mass is 10.0. The molecule has 64 heavy (non-hydrogen) atoms. The summed E-state index contributed by atoms with van der Waals surface area (Å²) >= 11 is 6.13. The van der Waals surface area contributed by atoms with E-state index >= 15 is 0 Å². The first-order valence-corrected chi connectivity index (χ1v) is 20.4. The average molecular weight is 899 g/mol. The molecule has 330 valence electrons. The largest absolute Gasteiger partial charge is 0.491 e. The van der Waals surface area contributed by atoms with E-state index in [1.807, 2.05) is 12.1 Å². The van der Waals surface area contributed by atoms with Gasteiger partial charge in [-0.25, -0.2) is 4.98 Å². The molecule has 0 aliphatic carbocycles. The molecule has 20 heteroatoms. The number of imide groups is 2. The van der Waals surface area contributed by atoms with Gasteiger partial charge in [0.25, 0.3) is 17.4 Å². The average Bonchev–Trinajstić information content (AvgIpc) is 3.91. The molecule has 0 spiro atoms. The molecule has 4 heterocycles. The zero-order valence-electron chi connectivity index (χ0n) is 33.6. The first kappa shape index (κ1) is 43.4. The quantitative estimate of drug-likeness (QED) is 0.0634. The van der Waals surface area contributed by atoms with Gasteiger partial charge in [0, 0.05) is 35.8 Å². The van der Waals surface area contributed by atoms with Crippen LogP contribution in [0.25, 0.3) is 28.2 Å². The first-order valence-electron chi connectivity index (χ1n) is 20.1. The van der Waals surface area contributed by atoms with Crippen LogP contribution in [0.2, 0.25) is 5.02 Å². The van der Waals surface area contributed by atoms with Crippen molar-refractivity contribution >= 4 is 57.9 Å². The van der Waals surface area contributed by atoms with Gasteiger partial charge in [0.2, 0.25) is 23.7 Å². The van der Waals surface area contributed by atoms with Crippen molar-refractivity contribution in [1.82, 2.24) is 35.3 Å². The number of piperidine rings is 1. The molecule has 0 radical (unpaired) electrons. The summed E-state index contributed by atoms with van der Waals surface area (Å²) in [6.45, 7) is 0.585. The van der Waals surface area contributed by atoms with Gasteiger partial charge in [-0.3, -0.25) is 44.1 Å². The maximum atomic E-state index is 13.8. The number of aromatic amines is 2. The Morgan fingerprint density at radius 1 is 0.875 bits per heavy atom. The van der Waals surface area contributed by atoms with E-state index in [9.17, 15) is 41.9 Å². The van der Waals surface area contributed by atoms with Crippen molar-refractivity contribution < 1.29 is 46.6 Å². The molecular weight excluding hydrogens is 861 g/mol. The molecule has 5 amide bonds. The third-order valence-corrected chi connectivity index (χ3v) is 10.9. The lowest BCUT2D eigenvalue weighted by molar-refractivity contribution is -0.138. The van der Waals surface area contributed by atoms with Gasteiger partial charge < -0.3 is 25.1 Å². The van der Waals surface area contributed by atoms with Crippen LogP contribution in [0.4, 0.5) is 18.9 Å². The van der Waals surface area contributed by atoms with Crippen molar-refractivity contribution in [2.75, 3.05) is 38.2 Å². The molecule has 1 saturated heterocycles. The van der Waals surface area contributed by atoms with E-state index < -0.39 is 47.0 Å². The van der Waals surface area contributed by atoms with E-state index in [-0.39, 0.29) is 68.6 Å². The number of imidazole rings is 1. The Bertz CT molecular complexity index is 2840. The predicted molar refractivity (Wildman–Crippen MR) is 226 cm³/mol. The summed E-state index contributed by atoms with van der Waals surface area (Å²) < 4.78 is 52.4. The summed E-state index contributed by atoms with van der Waals surface area (Å²) in [5, 5.41) is 11.5. The third-order valence-electron chi connectivity index (χ3n) is 10.7. The minimum atomic E-state index is -4.52. The summed E-state index contributed by atoms with van der Waals surface area (Å²) in [5.41, 5.74) is 2.75. The fourth-order valence-electron chi connectivity index (χ4n) is 7.44. The third kappa shape index (κ3) is 9.40. The number of rotatable bonds is 16. The number of hydrogen-bond acceptors (Lipinski definition) is 10. The van der Waals surface area contributed by atoms with Crippen LogP contribution >= 0.6 is 11.6 Å². The summed E-state index contributed by atoms with van der Waals surface area (Å²) in [4.78, 5) is 84.4. The van der Waals surface area contributed by atoms with Gasteiger partial charge in [-0.05, 0) is 91.1 Å². The van der Waals surface area contributed by atoms with Crippen LogP contribution < -0.4 is 26.2 Å². The summed E-state index contributed by atoms with van der Waals surface area (Å²) in [5.74, 6) is -1.98. The maximum Gasteiger partial charge on any atom is 0.416 e. The minimum absolute atomic E-state index is 0.0253. The molecule has 2 aliphatic rings. The summed E-state index contributed by atoms with van der Waals surface area (Å²) in [7, 11) is 0. The minimum Gasteiger partial charge on any atom is -0.491 e. The Balaban J connectivity index is 0.783. The van der Waals surface area contributed by atoms with Crippen molar-refractivity contribution in [3.63, 3.8) is 0 Å². The number of nitrogens with zero attached hydrogens (tertiary/aromatic N) is 3. The molecule has 6 aromatic rings. The van der Waals surface area contributed by atoms with E-state index in [1.165, 1.54) is 28.9 Å². The van der Waals surface area contributed by atoms with Crippen molar-refractivity contribution in [1.29, 1.82) is 0 Å². The molecule has 4 aromatic carbocycles. The topological polar surface area (TPSA) is 210 Å². The fraction of sp³-hybridized carbons (Fsp3) is 0.250. The number of benzene rings is 4. The van der Waals surface area contributed by atoms with Crippen molar-refractivity contribution in [2.24, 2.45) is 0 Å². The number of aromatic nitrogens is 4. The number of nitrogens with one attached hydrogen (secondary N) is 5. The molecule has 1 atom stereocenters. The van der Waals surface area contributed by atoms with E-state index in [2.05, 4.69) is 31.0 Å². The highest BCUT2D eigenvalue weighted by Gasteiger charge is 2.44. The number of hydrogen-bond donors (Lipinski definition) is 5. The van der Waals surface area contributed by atoms with Crippen LogP contribution in [0.15, 0.2) is 89.7 Å². The number of amides is 5. The van der Waals surface area contributed by atoms with Gasteiger partial charge in [-0.15, -0.1) is 0 Å². The van der Waals surface area contributed by atoms with Gasteiger partial charge in [-0.1, -0.05) is 35.9 Å². The monoisotopic (exact) mass is 898 g/mol. The predicted octanol–water partition coefficient (Wildman–Crippen LogP) is 5.19. The van der Waals surface area contributed by atoms with Crippen LogP contribution in [0.3, 0.4) is 0 Å². The van der Waals surface area contributed by atoms with Gasteiger partial charge >= 0.3 is 6.18 Å². The second-order valence-corrected chi connectivity index (χ2v) is 15.4. The molecule has 5 N–H and O–H groups in total. The molecule has 1 unspecified atom stereocenters. The van der Waals surface area contributed by atoms with Crippen LogP contribution in [-0.2, 0) is 38.1 Å². The number of carbonyl (C=O) groups excluding carboxylic acids is 5. The molecule has 2 aromatic heterocycles. The van der Waals surface area contributed by atoms with Crippen LogP contribution in [0.1, 0.15) is 50.2 Å². The number of ether oxygens (including phenoxy) is 2. The van der Waals surface area contributed by atoms with Gasteiger partial charge in [0.1, 0.15) is 25.0 Å². The van der Waals surface area contributed by atoms with E-state index in [0.29, 0.717) is 57.3 Å². The zero-order valence-corrected chi connectivity index (χ0v) is 34.4. The number of fused-ring (bicyclic) bond motifs is 2. The Labute approximate surface area is 366 Å². The summed E-state index contributed by atoms with van der Waals surface area (Å²) in [6.07, 6.45) is -3.76. The molecule has 2 aliphatic heterocycles. The Kier molecular flexibility index (Phi) is 12.4. The Morgan fingerprint density at radius 2 is 1.64 bits per heavy atom. The second kappa shape index (κ2) is 18.2. The number of carbonyl (C=O) groups is 5. The fourth-order valence-corrected chi connectivity index (χ4v) is 7.61. The Hall–Kier alpha value is -7.25. The lowest BCUT2D eigenvalue weighted by Crippen LogP contribution is -2.54.